The van der Waals surface area contributed by atoms with Crippen molar-refractivity contribution in [2.24, 2.45) is 0 Å². The molecule has 1 N–H and O–H groups in total. The second kappa shape index (κ2) is 7.94. The molecule has 3 aromatic rings. The van der Waals surface area contributed by atoms with E-state index in [0.29, 0.717) is 17.2 Å². The molecule has 1 heterocycles. The van der Waals surface area contributed by atoms with E-state index in [9.17, 15) is 9.59 Å². The summed E-state index contributed by atoms with van der Waals surface area (Å²) >= 11 is 6.22. The summed E-state index contributed by atoms with van der Waals surface area (Å²) in [5, 5.41) is 4.25. The summed E-state index contributed by atoms with van der Waals surface area (Å²) in [7, 11) is 1.82. The van der Waals surface area contributed by atoms with Gasteiger partial charge < -0.3 is 9.73 Å². The van der Waals surface area contributed by atoms with E-state index in [1.165, 1.54) is 6.07 Å². The zero-order valence-electron chi connectivity index (χ0n) is 15.5. The molecule has 0 aliphatic heterocycles. The highest BCUT2D eigenvalue weighted by molar-refractivity contribution is 6.32. The Hall–Kier alpha value is -2.63. The van der Waals surface area contributed by atoms with Crippen molar-refractivity contribution < 1.29 is 9.21 Å². The third-order valence-electron chi connectivity index (χ3n) is 4.30. The first-order valence-electron chi connectivity index (χ1n) is 8.60. The number of nitrogens with one attached hydrogen (secondary N) is 1. The van der Waals surface area contributed by atoms with Crippen molar-refractivity contribution in [2.75, 3.05) is 18.9 Å². The Morgan fingerprint density at radius 1 is 1.15 bits per heavy atom. The van der Waals surface area contributed by atoms with E-state index in [1.807, 2.05) is 50.1 Å². The van der Waals surface area contributed by atoms with Crippen molar-refractivity contribution in [1.82, 2.24) is 4.90 Å². The number of likely N-dealkylation sites (N-methyl/N-ethyl adjacent to an activating group) is 1. The molecule has 0 unspecified atom stereocenters. The summed E-state index contributed by atoms with van der Waals surface area (Å²) in [6.45, 7) is 4.46. The molecule has 0 spiro atoms. The lowest BCUT2D eigenvalue weighted by Crippen LogP contribution is -2.30. The predicted molar refractivity (Wildman–Crippen MR) is 108 cm³/mol. The van der Waals surface area contributed by atoms with Crippen LogP contribution in [0.2, 0.25) is 5.02 Å². The van der Waals surface area contributed by atoms with E-state index in [1.54, 1.807) is 12.1 Å². The van der Waals surface area contributed by atoms with Crippen LogP contribution < -0.4 is 10.9 Å². The maximum Gasteiger partial charge on any atom is 0.336 e. The summed E-state index contributed by atoms with van der Waals surface area (Å²) in [6.07, 6.45) is 0. The summed E-state index contributed by atoms with van der Waals surface area (Å²) in [6, 6.07) is 12.6. The highest BCUT2D eigenvalue weighted by Gasteiger charge is 2.13. The van der Waals surface area contributed by atoms with E-state index in [2.05, 4.69) is 5.32 Å². The third kappa shape index (κ3) is 4.76. The average Bonchev–Trinajstić information content (AvgIpc) is 2.58. The second-order valence-electron chi connectivity index (χ2n) is 6.77. The molecule has 5 nitrogen and oxygen atoms in total. The Morgan fingerprint density at radius 3 is 2.56 bits per heavy atom. The number of fused-ring (bicyclic) bond motifs is 1. The van der Waals surface area contributed by atoms with Gasteiger partial charge in [-0.15, -0.1) is 0 Å². The molecule has 0 fully saturated rings. The van der Waals surface area contributed by atoms with Crippen LogP contribution >= 0.6 is 11.6 Å². The van der Waals surface area contributed by atoms with Crippen LogP contribution in [0.5, 0.6) is 0 Å². The van der Waals surface area contributed by atoms with Gasteiger partial charge in [0, 0.05) is 28.7 Å². The summed E-state index contributed by atoms with van der Waals surface area (Å²) < 4.78 is 5.28. The molecule has 1 aromatic heterocycles. The van der Waals surface area contributed by atoms with Gasteiger partial charge >= 0.3 is 5.63 Å². The van der Waals surface area contributed by atoms with Gasteiger partial charge in [0.2, 0.25) is 5.91 Å². The monoisotopic (exact) mass is 384 g/mol. The van der Waals surface area contributed by atoms with Gasteiger partial charge in [-0.1, -0.05) is 29.3 Å². The molecule has 140 valence electrons. The predicted octanol–water partition coefficient (Wildman–Crippen LogP) is 4.13. The van der Waals surface area contributed by atoms with Gasteiger partial charge in [-0.05, 0) is 56.3 Å². The Labute approximate surface area is 162 Å². The zero-order valence-corrected chi connectivity index (χ0v) is 16.3. The van der Waals surface area contributed by atoms with Gasteiger partial charge in [0.15, 0.2) is 0 Å². The van der Waals surface area contributed by atoms with Crippen LogP contribution in [-0.4, -0.2) is 24.4 Å². The molecule has 0 bridgehead atoms. The topological polar surface area (TPSA) is 62.6 Å². The van der Waals surface area contributed by atoms with E-state index < -0.39 is 5.63 Å². The summed E-state index contributed by atoms with van der Waals surface area (Å²) in [5.74, 6) is -0.123. The molecule has 1 amide bonds. The van der Waals surface area contributed by atoms with Crippen LogP contribution in [0.3, 0.4) is 0 Å². The number of halogens is 1. The molecule has 3 rings (SSSR count). The smallest absolute Gasteiger partial charge is 0.336 e. The maximum atomic E-state index is 12.3. The standard InChI is InChI=1S/C21H21ClN2O3/c1-13-4-6-16(7-5-13)23-20(25)12-24(3)11-15-9-21(26)27-19-8-14(2)18(22)10-17(15)19/h4-10H,11-12H2,1-3H3,(H,23,25). The van der Waals surface area contributed by atoms with E-state index in [4.69, 9.17) is 16.0 Å². The lowest BCUT2D eigenvalue weighted by atomic mass is 10.1. The minimum atomic E-state index is -0.420. The number of benzene rings is 2. The van der Waals surface area contributed by atoms with Gasteiger partial charge in [-0.3, -0.25) is 9.69 Å². The quantitative estimate of drug-likeness (QED) is 0.672. The minimum Gasteiger partial charge on any atom is -0.423 e. The van der Waals surface area contributed by atoms with Crippen molar-refractivity contribution in [2.45, 2.75) is 20.4 Å². The van der Waals surface area contributed by atoms with E-state index >= 15 is 0 Å². The Morgan fingerprint density at radius 2 is 1.85 bits per heavy atom. The molecule has 0 atom stereocenters. The third-order valence-corrected chi connectivity index (χ3v) is 4.71. The number of amides is 1. The Kier molecular flexibility index (Phi) is 5.63. The molecule has 0 aliphatic carbocycles. The number of hydrogen-bond acceptors (Lipinski definition) is 4. The first-order valence-corrected chi connectivity index (χ1v) is 8.97. The van der Waals surface area contributed by atoms with Crippen molar-refractivity contribution in [3.8, 4) is 0 Å². The van der Waals surface area contributed by atoms with Crippen molar-refractivity contribution in [3.05, 3.63) is 74.6 Å². The van der Waals surface area contributed by atoms with Crippen molar-refractivity contribution in [3.63, 3.8) is 0 Å². The number of nitrogens with zero attached hydrogens (tertiary/aromatic N) is 1. The van der Waals surface area contributed by atoms with Crippen LogP contribution in [0.15, 0.2) is 51.7 Å². The first kappa shape index (κ1) is 19.1. The molecule has 0 saturated carbocycles. The van der Waals surface area contributed by atoms with Crippen LogP contribution in [0.4, 0.5) is 5.69 Å². The van der Waals surface area contributed by atoms with E-state index in [0.717, 1.165) is 27.8 Å². The Bertz CT molecular complexity index is 1040. The number of carbonyl (C=O) groups excluding carboxylic acids is 1. The normalized spacial score (nSPS) is 11.1. The fourth-order valence-electron chi connectivity index (χ4n) is 2.91. The average molecular weight is 385 g/mol. The minimum absolute atomic E-state index is 0.123. The molecule has 0 radical (unpaired) electrons. The molecule has 2 aromatic carbocycles. The van der Waals surface area contributed by atoms with Crippen LogP contribution in [0.25, 0.3) is 11.0 Å². The van der Waals surface area contributed by atoms with Gasteiger partial charge in [0.25, 0.3) is 0 Å². The molecule has 27 heavy (non-hydrogen) atoms. The summed E-state index contributed by atoms with van der Waals surface area (Å²) in [5.41, 5.74) is 3.58. The number of carbonyl (C=O) groups is 1. The molecule has 0 aliphatic rings. The number of aryl methyl sites for hydroxylation is 2. The SMILES string of the molecule is Cc1ccc(NC(=O)CN(C)Cc2cc(=O)oc3cc(C)c(Cl)cc23)cc1. The number of rotatable bonds is 5. The largest absolute Gasteiger partial charge is 0.423 e. The van der Waals surface area contributed by atoms with E-state index in [-0.39, 0.29) is 12.5 Å². The van der Waals surface area contributed by atoms with Crippen LogP contribution in [-0.2, 0) is 11.3 Å². The van der Waals surface area contributed by atoms with Crippen molar-refractivity contribution in [1.29, 1.82) is 0 Å². The highest BCUT2D eigenvalue weighted by Crippen LogP contribution is 2.25. The van der Waals surface area contributed by atoms with Gasteiger partial charge in [0.05, 0.1) is 6.54 Å². The zero-order chi connectivity index (χ0) is 19.6. The first-order chi connectivity index (χ1) is 12.8. The molecular formula is C21H21ClN2O3. The van der Waals surface area contributed by atoms with Gasteiger partial charge in [-0.25, -0.2) is 4.79 Å². The van der Waals surface area contributed by atoms with Crippen LogP contribution in [0, 0.1) is 13.8 Å². The molecule has 0 saturated heterocycles. The van der Waals surface area contributed by atoms with Crippen molar-refractivity contribution >= 4 is 34.2 Å². The van der Waals surface area contributed by atoms with Gasteiger partial charge in [0.1, 0.15) is 5.58 Å². The highest BCUT2D eigenvalue weighted by atomic mass is 35.5. The van der Waals surface area contributed by atoms with Gasteiger partial charge in [-0.2, -0.15) is 0 Å². The molecular weight excluding hydrogens is 364 g/mol. The lowest BCUT2D eigenvalue weighted by Gasteiger charge is -2.17. The lowest BCUT2D eigenvalue weighted by molar-refractivity contribution is -0.117. The molecule has 6 heteroatoms. The fourth-order valence-corrected chi connectivity index (χ4v) is 3.07. The fraction of sp³-hybridized carbons (Fsp3) is 0.238. The van der Waals surface area contributed by atoms with Crippen LogP contribution in [0.1, 0.15) is 16.7 Å². The number of anilines is 1. The Balaban J connectivity index is 1.74. The second-order valence-corrected chi connectivity index (χ2v) is 7.18. The number of hydrogen-bond donors (Lipinski definition) is 1. The maximum absolute atomic E-state index is 12.3. The summed E-state index contributed by atoms with van der Waals surface area (Å²) in [4.78, 5) is 26.0.